The fraction of sp³-hybridized carbons (Fsp3) is 0.800. The van der Waals surface area contributed by atoms with E-state index in [2.05, 4.69) is 33.8 Å². The molecule has 0 aromatic carbocycles. The molecule has 1 N–H and O–H groups in total. The smallest absolute Gasteiger partial charge is 0.113 e. The minimum absolute atomic E-state index is 0.0395. The van der Waals surface area contributed by atoms with Gasteiger partial charge in [0.05, 0.1) is 12.4 Å². The van der Waals surface area contributed by atoms with Gasteiger partial charge < -0.3 is 9.52 Å². The van der Waals surface area contributed by atoms with E-state index >= 15 is 0 Å². The normalized spacial score (nSPS) is 46.5. The van der Waals surface area contributed by atoms with Crippen molar-refractivity contribution in [2.24, 2.45) is 22.7 Å². The van der Waals surface area contributed by atoms with Crippen LogP contribution in [0.3, 0.4) is 0 Å². The fourth-order valence-corrected chi connectivity index (χ4v) is 6.79. The molecule has 22 heavy (non-hydrogen) atoms. The van der Waals surface area contributed by atoms with Gasteiger partial charge >= 0.3 is 0 Å². The van der Waals surface area contributed by atoms with E-state index in [1.54, 1.807) is 0 Å². The first-order chi connectivity index (χ1) is 10.3. The number of aliphatic hydroxyl groups excluding tert-OH is 1. The van der Waals surface area contributed by atoms with Crippen LogP contribution in [0.5, 0.6) is 0 Å². The van der Waals surface area contributed by atoms with Crippen LogP contribution in [0.25, 0.3) is 0 Å². The van der Waals surface area contributed by atoms with Gasteiger partial charge in [-0.2, -0.15) is 0 Å². The molecule has 0 spiro atoms. The number of rotatable bonds is 0. The van der Waals surface area contributed by atoms with Crippen LogP contribution in [0, 0.1) is 22.7 Å². The van der Waals surface area contributed by atoms with E-state index in [9.17, 15) is 5.11 Å². The van der Waals surface area contributed by atoms with Gasteiger partial charge in [-0.25, -0.2) is 0 Å². The lowest BCUT2D eigenvalue weighted by Gasteiger charge is -2.64. The SMILES string of the molecule is CC12CCC3C(C)(C)C(O)CCC3(C)C1CCc1ccoc12. The number of fused-ring (bicyclic) bond motifs is 5. The highest BCUT2D eigenvalue weighted by molar-refractivity contribution is 5.32. The number of hydrogen-bond acceptors (Lipinski definition) is 2. The molecule has 2 heteroatoms. The lowest BCUT2D eigenvalue weighted by molar-refractivity contribution is -0.160. The van der Waals surface area contributed by atoms with Crippen LogP contribution in [-0.4, -0.2) is 11.2 Å². The molecule has 1 aromatic rings. The molecule has 5 atom stereocenters. The largest absolute Gasteiger partial charge is 0.468 e. The van der Waals surface area contributed by atoms with Crippen LogP contribution in [0.2, 0.25) is 0 Å². The summed E-state index contributed by atoms with van der Waals surface area (Å²) in [6.45, 7) is 9.55. The first-order valence-corrected chi connectivity index (χ1v) is 9.05. The Morgan fingerprint density at radius 3 is 2.59 bits per heavy atom. The van der Waals surface area contributed by atoms with Gasteiger partial charge in [-0.05, 0) is 72.8 Å². The van der Waals surface area contributed by atoms with E-state index in [-0.39, 0.29) is 16.9 Å². The van der Waals surface area contributed by atoms with E-state index in [0.717, 1.165) is 12.8 Å². The lowest BCUT2D eigenvalue weighted by atomic mass is 9.41. The molecule has 0 amide bonds. The van der Waals surface area contributed by atoms with Gasteiger partial charge in [0, 0.05) is 5.41 Å². The minimum Gasteiger partial charge on any atom is -0.468 e. The molecule has 0 bridgehead atoms. The van der Waals surface area contributed by atoms with Gasteiger partial charge in [-0.3, -0.25) is 0 Å². The van der Waals surface area contributed by atoms with E-state index in [1.807, 2.05) is 6.26 Å². The number of aliphatic hydroxyl groups is 1. The Kier molecular flexibility index (Phi) is 2.97. The van der Waals surface area contributed by atoms with E-state index < -0.39 is 0 Å². The Hall–Kier alpha value is -0.760. The second kappa shape index (κ2) is 4.41. The monoisotopic (exact) mass is 302 g/mol. The second-order valence-corrected chi connectivity index (χ2v) is 9.26. The number of hydrogen-bond donors (Lipinski definition) is 1. The zero-order valence-electron chi connectivity index (χ0n) is 14.5. The van der Waals surface area contributed by atoms with E-state index in [4.69, 9.17) is 4.42 Å². The van der Waals surface area contributed by atoms with Crippen LogP contribution < -0.4 is 0 Å². The molecule has 3 aliphatic rings. The van der Waals surface area contributed by atoms with Crippen molar-refractivity contribution in [1.29, 1.82) is 0 Å². The van der Waals surface area contributed by atoms with Crippen LogP contribution in [-0.2, 0) is 11.8 Å². The molecular weight excluding hydrogens is 272 g/mol. The van der Waals surface area contributed by atoms with Gasteiger partial charge in [0.1, 0.15) is 5.76 Å². The van der Waals surface area contributed by atoms with E-state index in [1.165, 1.54) is 37.0 Å². The van der Waals surface area contributed by atoms with Gasteiger partial charge in [-0.15, -0.1) is 0 Å². The van der Waals surface area contributed by atoms with Crippen molar-refractivity contribution >= 4 is 0 Å². The average molecular weight is 302 g/mol. The summed E-state index contributed by atoms with van der Waals surface area (Å²) in [6, 6.07) is 2.18. The van der Waals surface area contributed by atoms with Crippen molar-refractivity contribution < 1.29 is 9.52 Å². The van der Waals surface area contributed by atoms with Gasteiger partial charge in [0.15, 0.2) is 0 Å². The molecule has 0 aliphatic heterocycles. The third kappa shape index (κ3) is 1.65. The highest BCUT2D eigenvalue weighted by atomic mass is 16.3. The Bertz CT molecular complexity index is 586. The topological polar surface area (TPSA) is 33.4 Å². The second-order valence-electron chi connectivity index (χ2n) is 9.26. The molecule has 0 radical (unpaired) electrons. The molecule has 5 unspecified atom stereocenters. The molecule has 2 nitrogen and oxygen atoms in total. The Labute approximate surface area is 134 Å². The standard InChI is InChI=1S/C20H30O2/c1-18(2)14-7-10-20(4)15(19(14,3)11-8-16(18)21)6-5-13-9-12-22-17(13)20/h9,12,14-16,21H,5-8,10-11H2,1-4H3. The Morgan fingerprint density at radius 2 is 1.82 bits per heavy atom. The maximum Gasteiger partial charge on any atom is 0.113 e. The molecule has 1 aromatic heterocycles. The molecule has 122 valence electrons. The maximum absolute atomic E-state index is 10.6. The summed E-state index contributed by atoms with van der Waals surface area (Å²) in [7, 11) is 0. The Morgan fingerprint density at radius 1 is 1.05 bits per heavy atom. The molecule has 0 saturated heterocycles. The number of furan rings is 1. The molecular formula is C20H30O2. The van der Waals surface area contributed by atoms with Crippen molar-refractivity contribution in [3.05, 3.63) is 23.7 Å². The van der Waals surface area contributed by atoms with Crippen molar-refractivity contribution in [1.82, 2.24) is 0 Å². The molecule has 1 heterocycles. The quantitative estimate of drug-likeness (QED) is 0.754. The first kappa shape index (κ1) is 14.8. The summed E-state index contributed by atoms with van der Waals surface area (Å²) in [6.07, 6.45) is 8.73. The van der Waals surface area contributed by atoms with Crippen LogP contribution in [0.1, 0.15) is 71.1 Å². The maximum atomic E-state index is 10.6. The zero-order chi connectivity index (χ0) is 15.8. The van der Waals surface area contributed by atoms with Gasteiger partial charge in [0.25, 0.3) is 0 Å². The highest BCUT2D eigenvalue weighted by Crippen LogP contribution is 2.66. The van der Waals surface area contributed by atoms with Crippen molar-refractivity contribution in [2.75, 3.05) is 0 Å². The van der Waals surface area contributed by atoms with Crippen molar-refractivity contribution in [2.45, 2.75) is 77.7 Å². The summed E-state index contributed by atoms with van der Waals surface area (Å²) in [4.78, 5) is 0. The first-order valence-electron chi connectivity index (χ1n) is 9.05. The fourth-order valence-electron chi connectivity index (χ4n) is 6.79. The Balaban J connectivity index is 1.79. The predicted octanol–water partition coefficient (Wildman–Crippen LogP) is 4.70. The number of aryl methyl sites for hydroxylation is 1. The van der Waals surface area contributed by atoms with Crippen LogP contribution in [0.15, 0.2) is 16.7 Å². The third-order valence-corrected chi connectivity index (χ3v) is 7.99. The van der Waals surface area contributed by atoms with Crippen LogP contribution >= 0.6 is 0 Å². The molecule has 2 saturated carbocycles. The third-order valence-electron chi connectivity index (χ3n) is 7.99. The summed E-state index contributed by atoms with van der Waals surface area (Å²) >= 11 is 0. The highest BCUT2D eigenvalue weighted by Gasteiger charge is 2.62. The van der Waals surface area contributed by atoms with Crippen molar-refractivity contribution in [3.63, 3.8) is 0 Å². The summed E-state index contributed by atoms with van der Waals surface area (Å²) < 4.78 is 5.98. The van der Waals surface area contributed by atoms with Crippen LogP contribution in [0.4, 0.5) is 0 Å². The molecule has 3 aliphatic carbocycles. The minimum atomic E-state index is -0.141. The summed E-state index contributed by atoms with van der Waals surface area (Å²) in [5, 5.41) is 10.6. The lowest BCUT2D eigenvalue weighted by Crippen LogP contribution is -2.60. The van der Waals surface area contributed by atoms with Crippen molar-refractivity contribution in [3.8, 4) is 0 Å². The van der Waals surface area contributed by atoms with Gasteiger partial charge in [-0.1, -0.05) is 27.7 Å². The molecule has 2 fully saturated rings. The zero-order valence-corrected chi connectivity index (χ0v) is 14.5. The molecule has 4 rings (SSSR count). The summed E-state index contributed by atoms with van der Waals surface area (Å²) in [5.74, 6) is 2.58. The van der Waals surface area contributed by atoms with Gasteiger partial charge in [0.2, 0.25) is 0 Å². The summed E-state index contributed by atoms with van der Waals surface area (Å²) in [5.41, 5.74) is 2.01. The average Bonchev–Trinajstić information content (AvgIpc) is 2.93. The van der Waals surface area contributed by atoms with E-state index in [0.29, 0.717) is 17.3 Å². The predicted molar refractivity (Wildman–Crippen MR) is 87.7 cm³/mol.